The number of rotatable bonds is 6. The Morgan fingerprint density at radius 2 is 1.93 bits per heavy atom. The fourth-order valence-electron chi connectivity index (χ4n) is 4.43. The zero-order valence-electron chi connectivity index (χ0n) is 16.6. The number of aromatic nitrogens is 1. The molecule has 3 aliphatic carbocycles. The lowest BCUT2D eigenvalue weighted by Gasteiger charge is -2.56. The molecule has 1 aromatic heterocycles. The van der Waals surface area contributed by atoms with Crippen molar-refractivity contribution in [2.75, 3.05) is 6.61 Å². The molecule has 2 bridgehead atoms. The maximum atomic E-state index is 12.5. The first kappa shape index (κ1) is 20.7. The van der Waals surface area contributed by atoms with Crippen LogP contribution in [0.1, 0.15) is 48.4 Å². The molecular formula is C21H24ClN3O5. The molecule has 0 spiro atoms. The summed E-state index contributed by atoms with van der Waals surface area (Å²) in [5, 5.41) is 21.1. The van der Waals surface area contributed by atoms with Crippen LogP contribution in [0.3, 0.4) is 0 Å². The Kier molecular flexibility index (Phi) is 5.46. The lowest BCUT2D eigenvalue weighted by molar-refractivity contribution is -0.132. The van der Waals surface area contributed by atoms with E-state index in [1.54, 1.807) is 37.3 Å². The molecule has 5 rings (SSSR count). The minimum atomic E-state index is -0.767. The fraction of sp³-hybridized carbons (Fsp3) is 0.476. The number of aryl methyl sites for hydroxylation is 1. The van der Waals surface area contributed by atoms with Crippen LogP contribution in [0.2, 0.25) is 5.02 Å². The quantitative estimate of drug-likeness (QED) is 0.644. The number of aliphatic hydroxyl groups is 1. The molecular weight excluding hydrogens is 410 g/mol. The smallest absolute Gasteiger partial charge is 0.290 e. The summed E-state index contributed by atoms with van der Waals surface area (Å²) in [7, 11) is 0. The van der Waals surface area contributed by atoms with Gasteiger partial charge in [0.1, 0.15) is 5.75 Å². The predicted molar refractivity (Wildman–Crippen MR) is 108 cm³/mol. The molecule has 9 heteroatoms. The van der Waals surface area contributed by atoms with Crippen LogP contribution in [0.5, 0.6) is 5.75 Å². The Labute approximate surface area is 178 Å². The highest BCUT2D eigenvalue weighted by atomic mass is 35.5. The maximum Gasteiger partial charge on any atom is 0.290 e. The molecule has 160 valence electrons. The van der Waals surface area contributed by atoms with E-state index >= 15 is 0 Å². The average Bonchev–Trinajstić information content (AvgIpc) is 3.15. The highest BCUT2D eigenvalue weighted by Gasteiger charge is 2.55. The molecule has 30 heavy (non-hydrogen) atoms. The van der Waals surface area contributed by atoms with Crippen molar-refractivity contribution in [1.29, 1.82) is 0 Å². The second-order valence-corrected chi connectivity index (χ2v) is 8.67. The Bertz CT molecular complexity index is 934. The Morgan fingerprint density at radius 1 is 1.23 bits per heavy atom. The van der Waals surface area contributed by atoms with Crippen molar-refractivity contribution in [2.24, 2.45) is 0 Å². The molecule has 0 aliphatic heterocycles. The molecule has 2 amide bonds. The van der Waals surface area contributed by atoms with Crippen molar-refractivity contribution in [3.8, 4) is 5.75 Å². The molecule has 0 radical (unpaired) electrons. The number of fused-ring (bicyclic) bond motifs is 3. The van der Waals surface area contributed by atoms with Crippen LogP contribution in [-0.4, -0.2) is 45.9 Å². The Balaban J connectivity index is 1.34. The summed E-state index contributed by atoms with van der Waals surface area (Å²) in [4.78, 5) is 25.0. The number of hydrogen-bond acceptors (Lipinski definition) is 6. The molecule has 1 heterocycles. The van der Waals surface area contributed by atoms with E-state index in [2.05, 4.69) is 15.8 Å². The van der Waals surface area contributed by atoms with E-state index in [-0.39, 0.29) is 24.2 Å². The van der Waals surface area contributed by atoms with Gasteiger partial charge in [0.2, 0.25) is 5.76 Å². The van der Waals surface area contributed by atoms with E-state index in [1.807, 2.05) is 0 Å². The lowest BCUT2D eigenvalue weighted by Crippen LogP contribution is -2.70. The SMILES string of the molecule is Cc1cc(C(=O)NC23CCC(NC(=O)COc4ccc(Cl)cc4)(CC2)C(O)C3)on1. The van der Waals surface area contributed by atoms with Gasteiger partial charge in [-0.25, -0.2) is 0 Å². The number of nitrogens with zero attached hydrogens (tertiary/aromatic N) is 1. The summed E-state index contributed by atoms with van der Waals surface area (Å²) in [6.07, 6.45) is 2.04. The first-order valence-corrected chi connectivity index (χ1v) is 10.3. The van der Waals surface area contributed by atoms with Crippen molar-refractivity contribution >= 4 is 23.4 Å². The van der Waals surface area contributed by atoms with Crippen LogP contribution in [0.25, 0.3) is 0 Å². The summed E-state index contributed by atoms with van der Waals surface area (Å²) in [5.41, 5.74) is -0.577. The summed E-state index contributed by atoms with van der Waals surface area (Å²) in [5.74, 6) is 0.0767. The van der Waals surface area contributed by atoms with Crippen LogP contribution >= 0.6 is 11.6 Å². The molecule has 0 saturated heterocycles. The van der Waals surface area contributed by atoms with E-state index in [4.69, 9.17) is 20.9 Å². The van der Waals surface area contributed by atoms with Gasteiger partial charge >= 0.3 is 0 Å². The number of carbonyl (C=O) groups excluding carboxylic acids is 2. The van der Waals surface area contributed by atoms with E-state index < -0.39 is 17.2 Å². The fourth-order valence-corrected chi connectivity index (χ4v) is 4.55. The highest BCUT2D eigenvalue weighted by molar-refractivity contribution is 6.30. The van der Waals surface area contributed by atoms with Gasteiger partial charge in [-0.3, -0.25) is 9.59 Å². The number of hydrogen-bond donors (Lipinski definition) is 3. The molecule has 8 nitrogen and oxygen atoms in total. The van der Waals surface area contributed by atoms with E-state index in [1.165, 1.54) is 0 Å². The molecule has 3 fully saturated rings. The van der Waals surface area contributed by atoms with Crippen LogP contribution in [-0.2, 0) is 4.79 Å². The summed E-state index contributed by atoms with van der Waals surface area (Å²) in [6.45, 7) is 1.60. The number of halogens is 1. The van der Waals surface area contributed by atoms with Crippen LogP contribution in [0.15, 0.2) is 34.9 Å². The number of carbonyl (C=O) groups is 2. The maximum absolute atomic E-state index is 12.5. The summed E-state index contributed by atoms with van der Waals surface area (Å²) in [6, 6.07) is 8.34. The molecule has 3 aliphatic rings. The summed E-state index contributed by atoms with van der Waals surface area (Å²) >= 11 is 5.84. The summed E-state index contributed by atoms with van der Waals surface area (Å²) < 4.78 is 10.5. The van der Waals surface area contributed by atoms with E-state index in [9.17, 15) is 14.7 Å². The third-order valence-electron chi connectivity index (χ3n) is 6.12. The van der Waals surface area contributed by atoms with Crippen molar-refractivity contribution in [1.82, 2.24) is 15.8 Å². The largest absolute Gasteiger partial charge is 0.484 e. The van der Waals surface area contributed by atoms with Crippen molar-refractivity contribution in [3.05, 3.63) is 46.8 Å². The molecule has 1 unspecified atom stereocenters. The third kappa shape index (κ3) is 4.15. The van der Waals surface area contributed by atoms with Gasteiger partial charge in [0.15, 0.2) is 6.61 Å². The van der Waals surface area contributed by atoms with Gasteiger partial charge in [0.25, 0.3) is 11.8 Å². The lowest BCUT2D eigenvalue weighted by atomic mass is 9.60. The number of amides is 2. The number of aliphatic hydroxyl groups excluding tert-OH is 1. The van der Waals surface area contributed by atoms with Gasteiger partial charge in [-0.2, -0.15) is 0 Å². The first-order valence-electron chi connectivity index (χ1n) is 9.93. The van der Waals surface area contributed by atoms with Gasteiger partial charge in [-0.1, -0.05) is 16.8 Å². The minimum Gasteiger partial charge on any atom is -0.484 e. The second-order valence-electron chi connectivity index (χ2n) is 8.23. The molecule has 3 N–H and O–H groups in total. The van der Waals surface area contributed by atoms with Crippen molar-refractivity contribution in [3.63, 3.8) is 0 Å². The van der Waals surface area contributed by atoms with E-state index in [0.717, 1.165) is 0 Å². The van der Waals surface area contributed by atoms with Gasteiger partial charge in [-0.05, 0) is 63.3 Å². The zero-order chi connectivity index (χ0) is 21.4. The van der Waals surface area contributed by atoms with E-state index in [0.29, 0.717) is 48.6 Å². The topological polar surface area (TPSA) is 114 Å². The predicted octanol–water partition coefficient (Wildman–Crippen LogP) is 2.38. The monoisotopic (exact) mass is 433 g/mol. The van der Waals surface area contributed by atoms with Gasteiger partial charge in [0.05, 0.1) is 17.3 Å². The van der Waals surface area contributed by atoms with Gasteiger partial charge in [0, 0.05) is 16.6 Å². The van der Waals surface area contributed by atoms with Crippen LogP contribution in [0, 0.1) is 6.92 Å². The molecule has 1 atom stereocenters. The molecule has 1 aromatic carbocycles. The third-order valence-corrected chi connectivity index (χ3v) is 6.38. The Hall–Kier alpha value is -2.58. The Morgan fingerprint density at radius 3 is 2.53 bits per heavy atom. The second kappa shape index (κ2) is 7.92. The van der Waals surface area contributed by atoms with Crippen LogP contribution in [0.4, 0.5) is 0 Å². The zero-order valence-corrected chi connectivity index (χ0v) is 17.4. The molecule has 2 aromatic rings. The van der Waals surface area contributed by atoms with Crippen LogP contribution < -0.4 is 15.4 Å². The average molecular weight is 434 g/mol. The van der Waals surface area contributed by atoms with Crippen molar-refractivity contribution in [2.45, 2.75) is 56.2 Å². The molecule has 3 saturated carbocycles. The normalized spacial score (nSPS) is 27.5. The number of benzene rings is 1. The number of ether oxygens (including phenoxy) is 1. The first-order chi connectivity index (χ1) is 14.3. The highest BCUT2D eigenvalue weighted by Crippen LogP contribution is 2.47. The van der Waals surface area contributed by atoms with Gasteiger partial charge < -0.3 is 25.0 Å². The minimum absolute atomic E-state index is 0.150. The number of nitrogens with one attached hydrogen (secondary N) is 2. The van der Waals surface area contributed by atoms with Gasteiger partial charge in [-0.15, -0.1) is 0 Å². The van der Waals surface area contributed by atoms with Crippen molar-refractivity contribution < 1.29 is 24.0 Å². The standard InChI is InChI=1S/C21H24ClN3O5/c1-13-10-16(30-25-13)19(28)24-20-6-8-21(9-7-20,17(26)11-20)23-18(27)12-29-15-4-2-14(22)3-5-15/h2-5,10,17,26H,6-9,11-12H2,1H3,(H,23,27)(H,24,28).